The summed E-state index contributed by atoms with van der Waals surface area (Å²) in [7, 11) is 23.2. The van der Waals surface area contributed by atoms with E-state index in [0.717, 1.165) is 59.7 Å². The van der Waals surface area contributed by atoms with Gasteiger partial charge in [-0.15, -0.1) is 0 Å². The Morgan fingerprint density at radius 2 is 0.675 bits per heavy atom. The van der Waals surface area contributed by atoms with Crippen LogP contribution in [-0.4, -0.2) is 92.2 Å². The Labute approximate surface area is 779 Å². The molecule has 0 unspecified atom stereocenters. The number of sulfonamides is 2. The third kappa shape index (κ3) is 30.9. The van der Waals surface area contributed by atoms with Gasteiger partial charge in [-0.2, -0.15) is 13.3 Å². The minimum atomic E-state index is -3.71. The molecule has 0 N–H and O–H groups in total. The molecule has 5 fully saturated rings. The number of hydrogen-bond donors (Lipinski definition) is 0. The van der Waals surface area contributed by atoms with Gasteiger partial charge in [0.1, 0.15) is 5.75 Å². The van der Waals surface area contributed by atoms with Crippen LogP contribution in [0, 0.1) is 110 Å². The molecule has 2 aliphatic heterocycles. The van der Waals surface area contributed by atoms with Crippen LogP contribution in [0.2, 0.25) is 0 Å². The Balaban J connectivity index is 0.000000185. The number of aryl methyl sites for hydroxylation is 14. The number of hydrogen-bond acceptors (Lipinski definition) is 10. The molecule has 2 saturated heterocycles. The van der Waals surface area contributed by atoms with Crippen LogP contribution in [0.25, 0.3) is 0 Å². The van der Waals surface area contributed by atoms with Crippen LogP contribution >= 0.6 is 56.8 Å². The number of benzene rings is 9. The second-order valence-corrected chi connectivity index (χ2v) is 51.7. The van der Waals surface area contributed by atoms with E-state index < -0.39 is 47.1 Å². The first-order valence-electron chi connectivity index (χ1n) is 42.6. The van der Waals surface area contributed by atoms with Gasteiger partial charge in [0.2, 0.25) is 0 Å². The quantitative estimate of drug-likeness (QED) is 0.0416. The van der Waals surface area contributed by atoms with E-state index in [1.807, 2.05) is 73.1 Å². The van der Waals surface area contributed by atoms with Crippen LogP contribution in [0.5, 0.6) is 11.5 Å². The van der Waals surface area contributed by atoms with E-state index in [9.17, 15) is 16.8 Å². The Morgan fingerprint density at radius 1 is 0.398 bits per heavy atom. The van der Waals surface area contributed by atoms with Gasteiger partial charge in [0.25, 0.3) is 10.0 Å². The molecule has 3 saturated carbocycles. The summed E-state index contributed by atoms with van der Waals surface area (Å²) >= 11 is -0.275. The number of halogens is 5. The van der Waals surface area contributed by atoms with Crippen molar-refractivity contribution < 1.29 is 68.4 Å². The zero-order valence-electron chi connectivity index (χ0n) is 74.8. The van der Waals surface area contributed by atoms with Crippen LogP contribution in [0.4, 0.5) is 22.7 Å². The zero-order chi connectivity index (χ0) is 89.7. The van der Waals surface area contributed by atoms with Crippen molar-refractivity contribution in [2.75, 3.05) is 60.0 Å². The van der Waals surface area contributed by atoms with E-state index in [2.05, 4.69) is 196 Å². The average molecular weight is 2050 g/mol. The standard InChI is InChI=1S/2C21H27N2.C18H33P.C17H19NO3S.C16H17NO3S.C7H6.5ClH.Cu.2Ru/c2*1-14-9-16(3)20(17(4)10-14)22-7-8-23(13-22)21-18(5)11-15(2)12-19(21)6;1-4-10-16(11-5-1)19(17-12-6-2-7-13-17)18-14-8-3-9-15-18;1-4-18(13-15-7-9-16(21-3)10-8-15)22(19,20)17-11-5-14(2)6-12-17;1-13-4-10-16(11-5-13)21(18,19)17(2)12-14-6-8-15(20-3)9-7-14;1-7-5-3-2-4-6-7;;;;;;;;/h2*9-13H,7-8H2,1-6H3;16-18H,1-15H2;4-12H,1,13H2,2-3H3;2,4-11H,12H2,1,3H3;1-6H;5*1H;;;/q2*-1;;;;;;;;;;+1;2*+2/p-4. The van der Waals surface area contributed by atoms with Crippen molar-refractivity contribution in [3.63, 3.8) is 0 Å². The van der Waals surface area contributed by atoms with Gasteiger partial charge in [-0.1, -0.05) is 126 Å². The monoisotopic (exact) mass is 2050 g/mol. The fourth-order valence-electron chi connectivity index (χ4n) is 18.1. The van der Waals surface area contributed by atoms with Gasteiger partial charge >= 0.3 is 255 Å². The molecule has 0 aromatic heterocycles. The van der Waals surface area contributed by atoms with Gasteiger partial charge < -0.3 is 24.3 Å². The van der Waals surface area contributed by atoms with Gasteiger partial charge in [0.05, 0.1) is 35.5 Å². The fourth-order valence-corrected chi connectivity index (χ4v) is 30.8. The first-order valence-corrected chi connectivity index (χ1v) is 59.5. The molecular formula is C100H130Cl5CuN6O6PRu2S2-. The van der Waals surface area contributed by atoms with Crippen LogP contribution in [0.15, 0.2) is 198 Å². The van der Waals surface area contributed by atoms with Gasteiger partial charge in [0, 0.05) is 63.1 Å². The molecule has 14 rings (SSSR count). The van der Waals surface area contributed by atoms with Gasteiger partial charge in [-0.05, 0) is 241 Å². The Kier molecular flexibility index (Phi) is 42.8. The van der Waals surface area contributed by atoms with E-state index in [1.165, 1.54) is 126 Å². The first-order chi connectivity index (χ1) is 58.8. The molecule has 9 aromatic carbocycles. The molecule has 0 atom stereocenters. The molecule has 3 aliphatic carbocycles. The number of methoxy groups -OCH3 is 2. The summed E-state index contributed by atoms with van der Waals surface area (Å²) in [5.74, 6) is 1.44. The van der Waals surface area contributed by atoms with Crippen molar-refractivity contribution in [1.82, 2.24) is 8.61 Å². The topological polar surface area (TPSA) is 106 Å². The van der Waals surface area contributed by atoms with E-state index in [4.69, 9.17) is 48.2 Å². The number of nitrogens with zero attached hydrogens (tertiary/aromatic N) is 6. The Bertz CT molecular complexity index is 4760. The van der Waals surface area contributed by atoms with E-state index in [1.54, 1.807) is 183 Å². The molecule has 676 valence electrons. The molecule has 0 spiro atoms. The molecular weight excluding hydrogens is 1920 g/mol. The van der Waals surface area contributed by atoms with Crippen molar-refractivity contribution in [2.45, 2.75) is 233 Å². The summed E-state index contributed by atoms with van der Waals surface area (Å²) in [5, 5.41) is 0. The van der Waals surface area contributed by atoms with Gasteiger partial charge in [-0.25, -0.2) is 8.42 Å². The molecule has 0 amide bonds. The normalized spacial score (nSPS) is 15.2. The van der Waals surface area contributed by atoms with Gasteiger partial charge in [-0.3, -0.25) is 4.31 Å². The molecule has 0 bridgehead atoms. The zero-order valence-corrected chi connectivity index (χ0v) is 85.6. The minimum absolute atomic E-state index is 0.0465. The second kappa shape index (κ2) is 51.1. The molecule has 9 aromatic rings. The maximum absolute atomic E-state index is 12.9. The summed E-state index contributed by atoms with van der Waals surface area (Å²) < 4.78 is 67.0. The molecule has 123 heavy (non-hydrogen) atoms. The summed E-state index contributed by atoms with van der Waals surface area (Å²) in [6.07, 6.45) is 25.1. The van der Waals surface area contributed by atoms with E-state index >= 15 is 0 Å². The van der Waals surface area contributed by atoms with Crippen LogP contribution in [0.1, 0.15) is 191 Å². The average Bonchev–Trinajstić information content (AvgIpc) is 1.70. The molecule has 2 heterocycles. The summed E-state index contributed by atoms with van der Waals surface area (Å²) in [6, 6.07) is 56.0. The number of rotatable bonds is 20. The molecule has 5 aliphatic rings. The van der Waals surface area contributed by atoms with Gasteiger partial charge in [0.15, 0.2) is 0 Å². The Hall–Kier alpha value is -5.43. The summed E-state index contributed by atoms with van der Waals surface area (Å²) in [5.41, 5.74) is 30.1. The van der Waals surface area contributed by atoms with E-state index in [0.29, 0.717) is 5.75 Å². The van der Waals surface area contributed by atoms with Crippen molar-refractivity contribution in [3.8, 4) is 11.5 Å². The van der Waals surface area contributed by atoms with Crippen molar-refractivity contribution >= 4 is 109 Å². The van der Waals surface area contributed by atoms with Crippen molar-refractivity contribution in [3.05, 3.63) is 297 Å². The maximum atomic E-state index is 12.9. The van der Waals surface area contributed by atoms with Crippen molar-refractivity contribution in [2.24, 2.45) is 0 Å². The summed E-state index contributed by atoms with van der Waals surface area (Å²) in [4.78, 5) is 10.1. The summed E-state index contributed by atoms with van der Waals surface area (Å²) in [6.45, 7) is 43.0. The first kappa shape index (κ1) is 103. The third-order valence-electron chi connectivity index (χ3n) is 23.3. The molecule has 0 radical (unpaired) electrons. The number of ether oxygens (including phenoxy) is 2. The second-order valence-electron chi connectivity index (χ2n) is 33.1. The van der Waals surface area contributed by atoms with Crippen LogP contribution in [0.3, 0.4) is 0 Å². The number of anilines is 4. The molecule has 12 nitrogen and oxygen atoms in total. The third-order valence-corrected chi connectivity index (χ3v) is 35.2. The predicted molar refractivity (Wildman–Crippen MR) is 520 cm³/mol. The molecule has 23 heteroatoms. The van der Waals surface area contributed by atoms with E-state index in [-0.39, 0.29) is 30.8 Å². The SMILES string of the molecule is C1CCC([PH+](C2CCCCC2)C2CCCCC2)CC1.C=CN(Cc1ccc(OC)cc1)S(=O)(=O)c1ccc(C)cc1.COc1ccc(CN([CH]=[Ru]([Cl])[Cl])S(=O)(=O)c2ccc(C)cc2)cc1.Cc1cc(C)c(N2[CH-]N(c3c(C)cc(C)cc3C)CC2)c(C)c1.Cc1cc(C)c(N2[CH-]N(c3c(C)cc(C)cc3C)CC2)c(C)c1.[Cl][Cu].[Cl][Ru]([Cl])=[CH]c1ccccc1. The predicted octanol–water partition coefficient (Wildman–Crippen LogP) is 26.8. The van der Waals surface area contributed by atoms with Crippen LogP contribution < -0.4 is 29.1 Å². The van der Waals surface area contributed by atoms with Crippen molar-refractivity contribution in [1.29, 1.82) is 0 Å². The fraction of sp³-hybridized carbons (Fsp3) is 0.400. The van der Waals surface area contributed by atoms with Crippen LogP contribution in [-0.2, 0) is 75.3 Å². The Morgan fingerprint density at radius 3 is 0.935 bits per heavy atom.